The molecule has 2 saturated heterocycles. The van der Waals surface area contributed by atoms with E-state index < -0.39 is 0 Å². The number of amides is 2. The highest BCUT2D eigenvalue weighted by Gasteiger charge is 2.35. The van der Waals surface area contributed by atoms with Gasteiger partial charge in [0.2, 0.25) is 11.8 Å². The number of H-pyrrole nitrogens is 2. The molecule has 2 aliphatic heterocycles. The van der Waals surface area contributed by atoms with E-state index in [-0.39, 0.29) is 23.7 Å². The number of fused-ring (bicyclic) bond motifs is 1. The molecule has 0 spiro atoms. The predicted octanol–water partition coefficient (Wildman–Crippen LogP) is 3.36. The largest absolute Gasteiger partial charge is 0.343 e. The standard InChI is InChI=1S/C26H29N7O2/c1-2-24(34)32-11-4-5-18(16-32)26(35)33-12-8-17(15-33)23-13-20-19(7-10-28-25(20)30-23)21-14-29-31-22(21)6-3-9-27/h2-3,6-7,9-10,13-14,17-18,27H,1,4-5,8,11-12,15-16H2,(H,28,30)(H,29,31)/b6-3-,27-9?. The van der Waals surface area contributed by atoms with Crippen molar-refractivity contribution in [2.75, 3.05) is 26.2 Å². The number of carbonyl (C=O) groups is 2. The van der Waals surface area contributed by atoms with Gasteiger partial charge >= 0.3 is 0 Å². The van der Waals surface area contributed by atoms with Gasteiger partial charge in [0, 0.05) is 61.2 Å². The molecule has 0 aromatic carbocycles. The van der Waals surface area contributed by atoms with Crippen molar-refractivity contribution in [3.05, 3.63) is 54.6 Å². The number of aromatic amines is 2. The number of hydrogen-bond acceptors (Lipinski definition) is 5. The number of nitrogens with zero attached hydrogens (tertiary/aromatic N) is 4. The van der Waals surface area contributed by atoms with E-state index in [4.69, 9.17) is 5.41 Å². The molecule has 5 heterocycles. The molecule has 2 aliphatic rings. The molecule has 2 atom stereocenters. The Kier molecular flexibility index (Phi) is 6.31. The maximum absolute atomic E-state index is 13.2. The van der Waals surface area contributed by atoms with Gasteiger partial charge in [-0.25, -0.2) is 4.98 Å². The molecular formula is C26H29N7O2. The van der Waals surface area contributed by atoms with Crippen LogP contribution < -0.4 is 0 Å². The number of likely N-dealkylation sites (tertiary alicyclic amines) is 2. The van der Waals surface area contributed by atoms with Gasteiger partial charge in [0.1, 0.15) is 5.65 Å². The fourth-order valence-electron chi connectivity index (χ4n) is 5.26. The second-order valence-electron chi connectivity index (χ2n) is 9.17. The van der Waals surface area contributed by atoms with Crippen LogP contribution >= 0.6 is 0 Å². The molecular weight excluding hydrogens is 442 g/mol. The smallest absolute Gasteiger partial charge is 0.245 e. The van der Waals surface area contributed by atoms with Crippen LogP contribution in [0, 0.1) is 11.3 Å². The number of rotatable bonds is 6. The van der Waals surface area contributed by atoms with Crippen LogP contribution in [0.4, 0.5) is 0 Å². The van der Waals surface area contributed by atoms with Gasteiger partial charge < -0.3 is 20.2 Å². The average molecular weight is 472 g/mol. The van der Waals surface area contributed by atoms with Gasteiger partial charge in [0.15, 0.2) is 0 Å². The minimum absolute atomic E-state index is 0.0997. The van der Waals surface area contributed by atoms with Crippen molar-refractivity contribution in [1.82, 2.24) is 30.0 Å². The molecule has 5 rings (SSSR count). The number of nitrogens with one attached hydrogen (secondary N) is 3. The van der Waals surface area contributed by atoms with E-state index in [1.807, 2.05) is 17.0 Å². The van der Waals surface area contributed by atoms with Gasteiger partial charge in [-0.05, 0) is 55.2 Å². The lowest BCUT2D eigenvalue weighted by molar-refractivity contribution is -0.138. The lowest BCUT2D eigenvalue weighted by Crippen LogP contribution is -2.45. The molecule has 2 amide bonds. The van der Waals surface area contributed by atoms with E-state index in [0.29, 0.717) is 26.2 Å². The first-order valence-electron chi connectivity index (χ1n) is 12.0. The summed E-state index contributed by atoms with van der Waals surface area (Å²) in [7, 11) is 0. The van der Waals surface area contributed by atoms with Gasteiger partial charge in [-0.3, -0.25) is 14.7 Å². The van der Waals surface area contributed by atoms with Gasteiger partial charge in [0.05, 0.1) is 17.8 Å². The number of aromatic nitrogens is 4. The molecule has 9 heteroatoms. The van der Waals surface area contributed by atoms with Crippen LogP contribution in [0.2, 0.25) is 0 Å². The molecule has 35 heavy (non-hydrogen) atoms. The Hall–Kier alpha value is -4.01. The minimum Gasteiger partial charge on any atom is -0.343 e. The summed E-state index contributed by atoms with van der Waals surface area (Å²) in [5, 5.41) is 15.4. The monoisotopic (exact) mass is 471 g/mol. The van der Waals surface area contributed by atoms with E-state index >= 15 is 0 Å². The van der Waals surface area contributed by atoms with Gasteiger partial charge in [-0.2, -0.15) is 5.10 Å². The minimum atomic E-state index is -0.143. The van der Waals surface area contributed by atoms with E-state index in [1.54, 1.807) is 23.4 Å². The Bertz CT molecular complexity index is 1300. The Morgan fingerprint density at radius 2 is 2.06 bits per heavy atom. The zero-order valence-corrected chi connectivity index (χ0v) is 19.5. The van der Waals surface area contributed by atoms with Crippen molar-refractivity contribution in [2.24, 2.45) is 5.92 Å². The summed E-state index contributed by atoms with van der Waals surface area (Å²) >= 11 is 0. The molecule has 9 nitrogen and oxygen atoms in total. The Morgan fingerprint density at radius 1 is 1.17 bits per heavy atom. The number of allylic oxidation sites excluding steroid dienone is 1. The maximum Gasteiger partial charge on any atom is 0.245 e. The highest BCUT2D eigenvalue weighted by Crippen LogP contribution is 2.35. The first-order valence-corrected chi connectivity index (χ1v) is 12.0. The zero-order chi connectivity index (χ0) is 24.4. The molecule has 180 valence electrons. The Balaban J connectivity index is 1.34. The third kappa shape index (κ3) is 4.41. The normalized spacial score (nSPS) is 20.6. The maximum atomic E-state index is 13.2. The van der Waals surface area contributed by atoms with Crippen molar-refractivity contribution >= 4 is 35.1 Å². The first kappa shape index (κ1) is 22.8. The van der Waals surface area contributed by atoms with Crippen LogP contribution in [0.25, 0.3) is 28.2 Å². The molecule has 3 aromatic heterocycles. The van der Waals surface area contributed by atoms with Crippen LogP contribution in [0.15, 0.2) is 43.3 Å². The summed E-state index contributed by atoms with van der Waals surface area (Å²) in [5.41, 5.74) is 4.66. The zero-order valence-electron chi connectivity index (χ0n) is 19.5. The lowest BCUT2D eigenvalue weighted by atomic mass is 9.96. The van der Waals surface area contributed by atoms with Crippen LogP contribution in [0.5, 0.6) is 0 Å². The van der Waals surface area contributed by atoms with E-state index in [9.17, 15) is 9.59 Å². The van der Waals surface area contributed by atoms with Crippen molar-refractivity contribution in [2.45, 2.75) is 25.2 Å². The third-order valence-electron chi connectivity index (χ3n) is 7.07. The lowest BCUT2D eigenvalue weighted by Gasteiger charge is -2.33. The van der Waals surface area contributed by atoms with Crippen LogP contribution in [0.1, 0.15) is 36.6 Å². The van der Waals surface area contributed by atoms with Crippen LogP contribution in [-0.2, 0) is 9.59 Å². The quantitative estimate of drug-likeness (QED) is 0.377. The second-order valence-corrected chi connectivity index (χ2v) is 9.17. The van der Waals surface area contributed by atoms with Gasteiger partial charge in [-0.15, -0.1) is 0 Å². The molecule has 0 aliphatic carbocycles. The average Bonchev–Trinajstić information content (AvgIpc) is 3.65. The highest BCUT2D eigenvalue weighted by molar-refractivity contribution is 5.96. The molecule has 2 fully saturated rings. The molecule has 0 bridgehead atoms. The summed E-state index contributed by atoms with van der Waals surface area (Å²) in [6, 6.07) is 4.11. The fraction of sp³-hybridized carbons (Fsp3) is 0.346. The number of hydrogen-bond donors (Lipinski definition) is 3. The van der Waals surface area contributed by atoms with Crippen LogP contribution in [-0.4, -0.2) is 74.2 Å². The topological polar surface area (TPSA) is 122 Å². The summed E-state index contributed by atoms with van der Waals surface area (Å²) < 4.78 is 0. The Labute approximate surface area is 203 Å². The predicted molar refractivity (Wildman–Crippen MR) is 135 cm³/mol. The van der Waals surface area contributed by atoms with E-state index in [0.717, 1.165) is 52.8 Å². The van der Waals surface area contributed by atoms with Crippen molar-refractivity contribution < 1.29 is 9.59 Å². The molecule has 2 unspecified atom stereocenters. The molecule has 0 radical (unpaired) electrons. The SMILES string of the molecule is C=CC(=O)N1CCCC(C(=O)N2CCC(c3cc4c(-c5cn[nH]c5/C=C\C=N)ccnc4[nH]3)C2)C1. The van der Waals surface area contributed by atoms with Crippen molar-refractivity contribution in [3.8, 4) is 11.1 Å². The highest BCUT2D eigenvalue weighted by atomic mass is 16.2. The summed E-state index contributed by atoms with van der Waals surface area (Å²) in [6.45, 7) is 6.11. The summed E-state index contributed by atoms with van der Waals surface area (Å²) in [6.07, 6.45) is 12.1. The molecule has 3 aromatic rings. The van der Waals surface area contributed by atoms with E-state index in [2.05, 4.69) is 32.8 Å². The summed E-state index contributed by atoms with van der Waals surface area (Å²) in [4.78, 5) is 37.0. The van der Waals surface area contributed by atoms with Crippen LogP contribution in [0.3, 0.4) is 0 Å². The molecule has 3 N–H and O–H groups in total. The second kappa shape index (κ2) is 9.69. The van der Waals surface area contributed by atoms with Gasteiger partial charge in [0.25, 0.3) is 0 Å². The first-order chi connectivity index (χ1) is 17.1. The van der Waals surface area contributed by atoms with Gasteiger partial charge in [-0.1, -0.05) is 6.58 Å². The van der Waals surface area contributed by atoms with Crippen molar-refractivity contribution in [1.29, 1.82) is 5.41 Å². The molecule has 0 saturated carbocycles. The number of pyridine rings is 1. The number of piperidine rings is 1. The number of carbonyl (C=O) groups excluding carboxylic acids is 2. The van der Waals surface area contributed by atoms with Crippen molar-refractivity contribution in [3.63, 3.8) is 0 Å². The summed E-state index contributed by atoms with van der Waals surface area (Å²) in [5.74, 6) is 0.107. The Morgan fingerprint density at radius 3 is 2.89 bits per heavy atom. The fourth-order valence-corrected chi connectivity index (χ4v) is 5.26. The third-order valence-corrected chi connectivity index (χ3v) is 7.07. The van der Waals surface area contributed by atoms with E-state index in [1.165, 1.54) is 12.3 Å².